The lowest BCUT2D eigenvalue weighted by Gasteiger charge is -2.16. The highest BCUT2D eigenvalue weighted by Crippen LogP contribution is 2.31. The van der Waals surface area contributed by atoms with Crippen molar-refractivity contribution in [2.45, 2.75) is 18.9 Å². The van der Waals surface area contributed by atoms with Crippen molar-refractivity contribution in [3.63, 3.8) is 0 Å². The Morgan fingerprint density at radius 2 is 2.06 bits per heavy atom. The number of hydrogen-bond acceptors (Lipinski definition) is 4. The van der Waals surface area contributed by atoms with E-state index >= 15 is 0 Å². The van der Waals surface area contributed by atoms with Gasteiger partial charge in [-0.15, -0.1) is 0 Å². The molecule has 0 aromatic heterocycles. The number of hydrogen-bond donors (Lipinski definition) is 1. The predicted octanol–water partition coefficient (Wildman–Crippen LogP) is 2.16. The van der Waals surface area contributed by atoms with Gasteiger partial charge in [0, 0.05) is 12.2 Å². The molecule has 1 atom stereocenters. The summed E-state index contributed by atoms with van der Waals surface area (Å²) in [6.07, 6.45) is 1.81. The van der Waals surface area contributed by atoms with Crippen LogP contribution < -0.4 is 9.47 Å². The van der Waals surface area contributed by atoms with Crippen molar-refractivity contribution in [3.05, 3.63) is 23.8 Å². The van der Waals surface area contributed by atoms with Crippen molar-refractivity contribution >= 4 is 0 Å². The highest BCUT2D eigenvalue weighted by molar-refractivity contribution is 5.41. The van der Waals surface area contributed by atoms with Crippen LogP contribution in [0.2, 0.25) is 0 Å². The first-order valence-corrected chi connectivity index (χ1v) is 6.22. The molecule has 1 N–H and O–H groups in total. The first-order chi connectivity index (χ1) is 8.74. The summed E-state index contributed by atoms with van der Waals surface area (Å²) in [7, 11) is 3.19. The van der Waals surface area contributed by atoms with E-state index in [4.69, 9.17) is 14.2 Å². The highest BCUT2D eigenvalue weighted by atomic mass is 16.5. The van der Waals surface area contributed by atoms with Crippen LogP contribution in [0, 0.1) is 5.92 Å². The molecule has 100 valence electrons. The molecule has 0 aliphatic heterocycles. The molecule has 0 spiro atoms. The fourth-order valence-corrected chi connectivity index (χ4v) is 1.82. The molecule has 0 radical (unpaired) electrons. The molecule has 1 saturated carbocycles. The maximum Gasteiger partial charge on any atom is 0.125 e. The van der Waals surface area contributed by atoms with Crippen molar-refractivity contribution in [2.24, 2.45) is 5.92 Å². The van der Waals surface area contributed by atoms with Crippen molar-refractivity contribution < 1.29 is 19.3 Å². The summed E-state index contributed by atoms with van der Waals surface area (Å²) >= 11 is 0. The summed E-state index contributed by atoms with van der Waals surface area (Å²) in [5.41, 5.74) is 0.702. The minimum absolute atomic E-state index is 0.292. The number of benzene rings is 1. The van der Waals surface area contributed by atoms with E-state index in [1.165, 1.54) is 12.8 Å². The van der Waals surface area contributed by atoms with Gasteiger partial charge in [-0.1, -0.05) is 0 Å². The third-order valence-electron chi connectivity index (χ3n) is 3.12. The molecule has 18 heavy (non-hydrogen) atoms. The first kappa shape index (κ1) is 13.2. The van der Waals surface area contributed by atoms with E-state index in [9.17, 15) is 5.11 Å². The van der Waals surface area contributed by atoms with Crippen LogP contribution in [0.5, 0.6) is 11.5 Å². The lowest BCUT2D eigenvalue weighted by Crippen LogP contribution is -2.10. The SMILES string of the molecule is COc1ccc(OC)c(C(O)COCC2CC2)c1. The van der Waals surface area contributed by atoms with E-state index in [0.717, 1.165) is 6.61 Å². The molecule has 1 aliphatic rings. The summed E-state index contributed by atoms with van der Waals surface area (Å²) < 4.78 is 15.9. The summed E-state index contributed by atoms with van der Waals surface area (Å²) in [4.78, 5) is 0. The van der Waals surface area contributed by atoms with Crippen molar-refractivity contribution in [1.29, 1.82) is 0 Å². The Balaban J connectivity index is 1.98. The van der Waals surface area contributed by atoms with Gasteiger partial charge >= 0.3 is 0 Å². The van der Waals surface area contributed by atoms with Crippen LogP contribution in [0.3, 0.4) is 0 Å². The van der Waals surface area contributed by atoms with Crippen LogP contribution in [0.1, 0.15) is 24.5 Å². The normalized spacial score (nSPS) is 16.4. The van der Waals surface area contributed by atoms with Crippen LogP contribution in [-0.4, -0.2) is 32.5 Å². The van der Waals surface area contributed by atoms with Gasteiger partial charge in [-0.05, 0) is 37.0 Å². The monoisotopic (exact) mass is 252 g/mol. The maximum absolute atomic E-state index is 10.1. The van der Waals surface area contributed by atoms with Crippen LogP contribution in [0.15, 0.2) is 18.2 Å². The minimum Gasteiger partial charge on any atom is -0.497 e. The van der Waals surface area contributed by atoms with Crippen molar-refractivity contribution in [1.82, 2.24) is 0 Å². The molecule has 0 amide bonds. The standard InChI is InChI=1S/C14H20O4/c1-16-11-5-6-14(17-2)12(7-11)13(15)9-18-8-10-3-4-10/h5-7,10,13,15H,3-4,8-9H2,1-2H3. The number of aliphatic hydroxyl groups excluding tert-OH is 1. The average molecular weight is 252 g/mol. The Hall–Kier alpha value is -1.26. The molecule has 0 bridgehead atoms. The molecule has 0 saturated heterocycles. The second-order valence-electron chi connectivity index (χ2n) is 4.60. The van der Waals surface area contributed by atoms with Gasteiger partial charge in [-0.25, -0.2) is 0 Å². The number of rotatable bonds is 7. The van der Waals surface area contributed by atoms with E-state index in [1.807, 2.05) is 0 Å². The minimum atomic E-state index is -0.686. The summed E-state index contributed by atoms with van der Waals surface area (Å²) in [6, 6.07) is 5.38. The Labute approximate surface area is 107 Å². The molecule has 1 aromatic rings. The van der Waals surface area contributed by atoms with Crippen LogP contribution in [-0.2, 0) is 4.74 Å². The van der Waals surface area contributed by atoms with Crippen LogP contribution in [0.4, 0.5) is 0 Å². The number of methoxy groups -OCH3 is 2. The third kappa shape index (κ3) is 3.37. The van der Waals surface area contributed by atoms with E-state index in [1.54, 1.807) is 32.4 Å². The molecular formula is C14H20O4. The average Bonchev–Trinajstić information content (AvgIpc) is 3.22. The molecule has 2 rings (SSSR count). The van der Waals surface area contributed by atoms with Gasteiger partial charge in [0.2, 0.25) is 0 Å². The van der Waals surface area contributed by atoms with E-state index < -0.39 is 6.10 Å². The molecule has 4 heteroatoms. The number of ether oxygens (including phenoxy) is 3. The summed E-state index contributed by atoms with van der Waals surface area (Å²) in [5, 5.41) is 10.1. The molecule has 1 aromatic carbocycles. The molecule has 1 fully saturated rings. The zero-order valence-corrected chi connectivity index (χ0v) is 10.9. The topological polar surface area (TPSA) is 47.9 Å². The van der Waals surface area contributed by atoms with Gasteiger partial charge in [0.05, 0.1) is 20.8 Å². The molecule has 0 heterocycles. The molecule has 1 aliphatic carbocycles. The van der Waals surface area contributed by atoms with E-state index in [-0.39, 0.29) is 0 Å². The second-order valence-corrected chi connectivity index (χ2v) is 4.60. The predicted molar refractivity (Wildman–Crippen MR) is 68.0 cm³/mol. The Bertz CT molecular complexity index is 387. The van der Waals surface area contributed by atoms with Gasteiger partial charge in [0.1, 0.15) is 17.6 Å². The third-order valence-corrected chi connectivity index (χ3v) is 3.12. The van der Waals surface area contributed by atoms with Crippen molar-refractivity contribution in [3.8, 4) is 11.5 Å². The lowest BCUT2D eigenvalue weighted by atomic mass is 10.1. The molecule has 4 nitrogen and oxygen atoms in total. The van der Waals surface area contributed by atoms with Gasteiger partial charge in [0.25, 0.3) is 0 Å². The van der Waals surface area contributed by atoms with Crippen LogP contribution in [0.25, 0.3) is 0 Å². The Kier molecular flexibility index (Phi) is 4.44. The molecular weight excluding hydrogens is 232 g/mol. The maximum atomic E-state index is 10.1. The zero-order valence-electron chi connectivity index (χ0n) is 10.9. The molecule has 1 unspecified atom stereocenters. The highest BCUT2D eigenvalue weighted by Gasteiger charge is 2.22. The first-order valence-electron chi connectivity index (χ1n) is 6.22. The van der Waals surface area contributed by atoms with Gasteiger partial charge < -0.3 is 19.3 Å². The Morgan fingerprint density at radius 3 is 2.67 bits per heavy atom. The smallest absolute Gasteiger partial charge is 0.125 e. The summed E-state index contributed by atoms with van der Waals surface area (Å²) in [5.74, 6) is 2.05. The van der Waals surface area contributed by atoms with Gasteiger partial charge in [-0.2, -0.15) is 0 Å². The quantitative estimate of drug-likeness (QED) is 0.808. The van der Waals surface area contributed by atoms with Gasteiger partial charge in [-0.3, -0.25) is 0 Å². The van der Waals surface area contributed by atoms with Gasteiger partial charge in [0.15, 0.2) is 0 Å². The van der Waals surface area contributed by atoms with Crippen LogP contribution >= 0.6 is 0 Å². The fraction of sp³-hybridized carbons (Fsp3) is 0.571. The second kappa shape index (κ2) is 6.07. The zero-order chi connectivity index (χ0) is 13.0. The Morgan fingerprint density at radius 1 is 1.28 bits per heavy atom. The lowest BCUT2D eigenvalue weighted by molar-refractivity contribution is 0.0303. The number of aliphatic hydroxyl groups is 1. The largest absolute Gasteiger partial charge is 0.497 e. The van der Waals surface area contributed by atoms with Crippen molar-refractivity contribution in [2.75, 3.05) is 27.4 Å². The van der Waals surface area contributed by atoms with E-state index in [2.05, 4.69) is 0 Å². The summed E-state index contributed by atoms with van der Waals surface area (Å²) in [6.45, 7) is 1.03. The fourth-order valence-electron chi connectivity index (χ4n) is 1.82. The van der Waals surface area contributed by atoms with E-state index in [0.29, 0.717) is 29.6 Å².